The summed E-state index contributed by atoms with van der Waals surface area (Å²) in [6, 6.07) is 11.7. The molecule has 3 aliphatic rings. The van der Waals surface area contributed by atoms with Crippen LogP contribution >= 0.6 is 11.6 Å². The van der Waals surface area contributed by atoms with Gasteiger partial charge in [0.05, 0.1) is 18.4 Å². The third-order valence-corrected chi connectivity index (χ3v) is 9.62. The van der Waals surface area contributed by atoms with E-state index in [1.807, 2.05) is 25.3 Å². The number of nitrogens with zero attached hydrogens (tertiary/aromatic N) is 2. The first-order chi connectivity index (χ1) is 18.5. The molecule has 1 saturated carbocycles. The molecule has 38 heavy (non-hydrogen) atoms. The third kappa shape index (κ3) is 6.54. The molecule has 1 fully saturated rings. The van der Waals surface area contributed by atoms with Crippen LogP contribution in [0.25, 0.3) is 0 Å². The molecular weight excluding hydrogens is 520 g/mol. The van der Waals surface area contributed by atoms with Gasteiger partial charge in [-0.25, -0.2) is 0 Å². The highest BCUT2D eigenvalue weighted by atomic mass is 35.5. The number of carbonyl (C=O) groups excluding carboxylic acids is 1. The Hall–Kier alpha value is -2.09. The van der Waals surface area contributed by atoms with E-state index in [0.29, 0.717) is 36.3 Å². The molecule has 6 nitrogen and oxygen atoms in total. The summed E-state index contributed by atoms with van der Waals surface area (Å²) in [4.78, 5) is 15.4. The molecule has 2 aromatic carbocycles. The molecule has 1 aliphatic carbocycles. The van der Waals surface area contributed by atoms with Crippen molar-refractivity contribution in [2.24, 2.45) is 16.2 Å². The summed E-state index contributed by atoms with van der Waals surface area (Å²) < 4.78 is 28.9. The Bertz CT molecular complexity index is 1230. The molecule has 206 valence electrons. The maximum Gasteiger partial charge on any atom is 0.254 e. The Morgan fingerprint density at radius 3 is 2.74 bits per heavy atom. The third-order valence-electron chi connectivity index (χ3n) is 8.38. The summed E-state index contributed by atoms with van der Waals surface area (Å²) in [6.07, 6.45) is 9.27. The van der Waals surface area contributed by atoms with Crippen LogP contribution in [0.15, 0.2) is 40.8 Å². The number of carbonyl (C=O) groups is 1. The molecule has 2 bridgehead atoms. The van der Waals surface area contributed by atoms with E-state index in [2.05, 4.69) is 21.4 Å². The second-order valence-corrected chi connectivity index (χ2v) is 12.5. The van der Waals surface area contributed by atoms with Gasteiger partial charge in [-0.15, -0.1) is 0 Å². The zero-order chi connectivity index (χ0) is 26.5. The largest absolute Gasteiger partial charge is 0.491 e. The summed E-state index contributed by atoms with van der Waals surface area (Å²) in [5.41, 5.74) is 3.86. The Kier molecular flexibility index (Phi) is 9.29. The lowest BCUT2D eigenvalue weighted by Crippen LogP contribution is -2.44. The minimum Gasteiger partial charge on any atom is -0.491 e. The van der Waals surface area contributed by atoms with Gasteiger partial charge in [-0.3, -0.25) is 4.79 Å². The lowest BCUT2D eigenvalue weighted by Gasteiger charge is -2.44. The normalized spacial score (nSPS) is 25.6. The van der Waals surface area contributed by atoms with Crippen molar-refractivity contribution < 1.29 is 18.5 Å². The van der Waals surface area contributed by atoms with Crippen LogP contribution in [0.3, 0.4) is 0 Å². The lowest BCUT2D eigenvalue weighted by atomic mass is 9.69. The van der Waals surface area contributed by atoms with Crippen LogP contribution in [0.2, 0.25) is 5.02 Å². The Morgan fingerprint density at radius 1 is 1.03 bits per heavy atom. The van der Waals surface area contributed by atoms with E-state index in [0.717, 1.165) is 74.4 Å². The van der Waals surface area contributed by atoms with E-state index < -0.39 is 16.5 Å². The predicted molar refractivity (Wildman–Crippen MR) is 153 cm³/mol. The summed E-state index contributed by atoms with van der Waals surface area (Å²) in [5, 5.41) is 0.757. The average Bonchev–Trinajstić information content (AvgIpc) is 2.92. The molecule has 0 radical (unpaired) electrons. The van der Waals surface area contributed by atoms with E-state index in [4.69, 9.17) is 21.1 Å². The minimum absolute atomic E-state index is 0.232. The van der Waals surface area contributed by atoms with Crippen LogP contribution in [0.4, 0.5) is 5.69 Å². The highest BCUT2D eigenvalue weighted by Crippen LogP contribution is 2.42. The van der Waals surface area contributed by atoms with Crippen LogP contribution in [0, 0.1) is 11.8 Å². The van der Waals surface area contributed by atoms with Crippen LogP contribution in [-0.2, 0) is 32.5 Å². The number of amides is 1. The number of hydrogen-bond donors (Lipinski definition) is 0. The van der Waals surface area contributed by atoms with Crippen molar-refractivity contribution in [3.63, 3.8) is 0 Å². The number of halogens is 1. The number of ether oxygens (including phenoxy) is 2. The fraction of sp³-hybridized carbons (Fsp3) is 0.567. The van der Waals surface area contributed by atoms with Gasteiger partial charge in [-0.2, -0.15) is 10.6 Å². The van der Waals surface area contributed by atoms with Gasteiger partial charge >= 0.3 is 0 Å². The quantitative estimate of drug-likeness (QED) is 0.354. The molecule has 8 heteroatoms. The highest BCUT2D eigenvalue weighted by Gasteiger charge is 2.38. The van der Waals surface area contributed by atoms with Crippen molar-refractivity contribution in [1.29, 1.82) is 0 Å². The van der Waals surface area contributed by atoms with Crippen molar-refractivity contribution in [3.8, 4) is 5.75 Å². The van der Waals surface area contributed by atoms with E-state index >= 15 is 0 Å². The summed E-state index contributed by atoms with van der Waals surface area (Å²) >= 11 is 6.40. The number of anilines is 1. The first-order valence-electron chi connectivity index (χ1n) is 14.0. The molecule has 0 saturated heterocycles. The maximum atomic E-state index is 13.0. The first kappa shape index (κ1) is 27.5. The standard InChI is InChI=1S/C30H38ClN2O4S/c1-36-28-8-3-2-6-16-38(35)32-30(34)22-11-14-29-27(18-22)33(20-24-10-13-26(24)28)19-23-9-12-25(31)17-21(23)7-4-5-15-37-29/h9,11-12,14,17-18,24,26,28H,2-8,10,13,15-16,19-20H2,1H3/q-1/t24-,26+,28-/m0/s1. The second kappa shape index (κ2) is 12.8. The van der Waals surface area contributed by atoms with Gasteiger partial charge in [0.2, 0.25) is 0 Å². The van der Waals surface area contributed by atoms with Crippen molar-refractivity contribution in [2.75, 3.05) is 30.9 Å². The SMILES string of the molecule is CO[C@H]1CCCCC[S-](=O)=NC(=O)c2ccc3c(c2)N(Cc2ccc(Cl)cc2CCCCO3)C[C@@H]2CC[C@H]21. The van der Waals surface area contributed by atoms with Crippen LogP contribution in [0.5, 0.6) is 5.75 Å². The fourth-order valence-electron chi connectivity index (χ4n) is 6.09. The van der Waals surface area contributed by atoms with Gasteiger partial charge in [0.1, 0.15) is 5.75 Å². The summed E-state index contributed by atoms with van der Waals surface area (Å²) in [5.74, 6) is 1.77. The van der Waals surface area contributed by atoms with Gasteiger partial charge in [0, 0.05) is 30.8 Å². The van der Waals surface area contributed by atoms with E-state index in [1.54, 1.807) is 6.07 Å². The lowest BCUT2D eigenvalue weighted by molar-refractivity contribution is -0.0218. The van der Waals surface area contributed by atoms with Crippen LogP contribution < -0.4 is 9.64 Å². The number of benzene rings is 2. The smallest absolute Gasteiger partial charge is 0.254 e. The molecule has 1 amide bonds. The minimum atomic E-state index is -1.53. The summed E-state index contributed by atoms with van der Waals surface area (Å²) in [6.45, 7) is 2.16. The molecule has 0 aromatic heterocycles. The van der Waals surface area contributed by atoms with Crippen molar-refractivity contribution in [2.45, 2.75) is 70.4 Å². The van der Waals surface area contributed by atoms with Gasteiger partial charge in [-0.1, -0.05) is 42.7 Å². The van der Waals surface area contributed by atoms with Gasteiger partial charge < -0.3 is 22.9 Å². The monoisotopic (exact) mass is 557 g/mol. The molecule has 0 N–H and O–H groups in total. The number of methoxy groups -OCH3 is 1. The maximum absolute atomic E-state index is 13.0. The van der Waals surface area contributed by atoms with Gasteiger partial charge in [0.15, 0.2) is 0 Å². The van der Waals surface area contributed by atoms with Crippen molar-refractivity contribution in [3.05, 3.63) is 58.1 Å². The molecule has 2 aromatic rings. The molecule has 2 aliphatic heterocycles. The predicted octanol–water partition coefficient (Wildman–Crippen LogP) is 6.96. The van der Waals surface area contributed by atoms with Crippen LogP contribution in [-0.4, -0.2) is 38.0 Å². The molecule has 2 heterocycles. The molecule has 0 spiro atoms. The first-order valence-corrected chi connectivity index (χ1v) is 15.6. The fourth-order valence-corrected chi connectivity index (χ4v) is 7.12. The zero-order valence-electron chi connectivity index (χ0n) is 22.2. The van der Waals surface area contributed by atoms with Crippen molar-refractivity contribution in [1.82, 2.24) is 0 Å². The average molecular weight is 558 g/mol. The Morgan fingerprint density at radius 2 is 1.92 bits per heavy atom. The Balaban J connectivity index is 1.58. The zero-order valence-corrected chi connectivity index (χ0v) is 23.8. The van der Waals surface area contributed by atoms with E-state index in [9.17, 15) is 9.00 Å². The van der Waals surface area contributed by atoms with E-state index in [-0.39, 0.29) is 6.10 Å². The van der Waals surface area contributed by atoms with Crippen LogP contribution in [0.1, 0.15) is 72.9 Å². The number of hydrogen-bond acceptors (Lipinski definition) is 6. The van der Waals surface area contributed by atoms with Crippen molar-refractivity contribution >= 4 is 33.8 Å². The number of rotatable bonds is 1. The number of fused-ring (bicyclic) bond motifs is 3. The van der Waals surface area contributed by atoms with Gasteiger partial charge in [-0.05, 0) is 91.8 Å². The summed E-state index contributed by atoms with van der Waals surface area (Å²) in [7, 11) is 0.309. The van der Waals surface area contributed by atoms with Gasteiger partial charge in [0.25, 0.3) is 5.91 Å². The molecule has 0 unspecified atom stereocenters. The highest BCUT2D eigenvalue weighted by molar-refractivity contribution is 7.75. The second-order valence-electron chi connectivity index (χ2n) is 10.8. The Labute approximate surface area is 233 Å². The molecule has 3 atom stereocenters. The number of aryl methyl sites for hydroxylation is 1. The van der Waals surface area contributed by atoms with E-state index in [1.165, 1.54) is 17.5 Å². The molecular formula is C30H38ClN2O4S-. The molecule has 5 rings (SSSR count). The topological polar surface area (TPSA) is 68.2 Å².